The van der Waals surface area contributed by atoms with E-state index in [1.165, 1.54) is 0 Å². The van der Waals surface area contributed by atoms with Gasteiger partial charge < -0.3 is 21.1 Å². The summed E-state index contributed by atoms with van der Waals surface area (Å²) in [5.41, 5.74) is 7.17. The highest BCUT2D eigenvalue weighted by atomic mass is 16.5. The standard InChI is InChI=1S/C14H21N3O3/c1-3-16-13(18)7-8-17-10-5-6-12(15)11(9-10)14(19)20-4-2/h5-6,9,17H,3-4,7-8,15H2,1-2H3,(H,16,18). The van der Waals surface area contributed by atoms with Gasteiger partial charge in [-0.1, -0.05) is 0 Å². The van der Waals surface area contributed by atoms with E-state index < -0.39 is 5.97 Å². The van der Waals surface area contributed by atoms with Crippen molar-refractivity contribution in [3.63, 3.8) is 0 Å². The van der Waals surface area contributed by atoms with E-state index in [9.17, 15) is 9.59 Å². The Kier molecular flexibility index (Phi) is 6.36. The first-order valence-electron chi connectivity index (χ1n) is 6.65. The molecule has 0 aliphatic heterocycles. The molecule has 0 radical (unpaired) electrons. The Morgan fingerprint density at radius 3 is 2.70 bits per heavy atom. The van der Waals surface area contributed by atoms with Crippen LogP contribution in [0.1, 0.15) is 30.6 Å². The lowest BCUT2D eigenvalue weighted by Gasteiger charge is -2.10. The van der Waals surface area contributed by atoms with E-state index in [0.29, 0.717) is 37.4 Å². The number of ether oxygens (including phenoxy) is 1. The number of rotatable bonds is 7. The van der Waals surface area contributed by atoms with Crippen molar-refractivity contribution in [1.82, 2.24) is 5.32 Å². The Balaban J connectivity index is 2.61. The van der Waals surface area contributed by atoms with Gasteiger partial charge in [0.2, 0.25) is 5.91 Å². The molecule has 0 fully saturated rings. The molecule has 0 aromatic heterocycles. The van der Waals surface area contributed by atoms with Crippen LogP contribution in [-0.4, -0.2) is 31.6 Å². The molecule has 1 amide bonds. The second kappa shape index (κ2) is 8.04. The van der Waals surface area contributed by atoms with E-state index in [4.69, 9.17) is 10.5 Å². The van der Waals surface area contributed by atoms with Crippen molar-refractivity contribution in [3.8, 4) is 0 Å². The Morgan fingerprint density at radius 1 is 1.30 bits per heavy atom. The lowest BCUT2D eigenvalue weighted by Crippen LogP contribution is -2.24. The van der Waals surface area contributed by atoms with Crippen molar-refractivity contribution in [2.24, 2.45) is 0 Å². The first-order chi connectivity index (χ1) is 9.58. The van der Waals surface area contributed by atoms with Crippen LogP contribution in [0.15, 0.2) is 18.2 Å². The molecule has 0 bridgehead atoms. The van der Waals surface area contributed by atoms with Gasteiger partial charge in [-0.3, -0.25) is 4.79 Å². The number of nitrogens with two attached hydrogens (primary N) is 1. The van der Waals surface area contributed by atoms with E-state index in [1.54, 1.807) is 25.1 Å². The van der Waals surface area contributed by atoms with Crippen LogP contribution < -0.4 is 16.4 Å². The van der Waals surface area contributed by atoms with Crippen LogP contribution in [-0.2, 0) is 9.53 Å². The van der Waals surface area contributed by atoms with Gasteiger partial charge in [0.15, 0.2) is 0 Å². The Labute approximate surface area is 118 Å². The van der Waals surface area contributed by atoms with Crippen LogP contribution in [0.3, 0.4) is 0 Å². The largest absolute Gasteiger partial charge is 0.462 e. The van der Waals surface area contributed by atoms with E-state index in [1.807, 2.05) is 6.92 Å². The smallest absolute Gasteiger partial charge is 0.340 e. The molecule has 0 unspecified atom stereocenters. The Morgan fingerprint density at radius 2 is 2.05 bits per heavy atom. The minimum atomic E-state index is -0.447. The molecular weight excluding hydrogens is 258 g/mol. The number of anilines is 2. The fraction of sp³-hybridized carbons (Fsp3) is 0.429. The molecular formula is C14H21N3O3. The van der Waals surface area contributed by atoms with Gasteiger partial charge in [-0.05, 0) is 32.0 Å². The van der Waals surface area contributed by atoms with Crippen molar-refractivity contribution in [1.29, 1.82) is 0 Å². The van der Waals surface area contributed by atoms with E-state index in [0.717, 1.165) is 5.69 Å². The normalized spacial score (nSPS) is 9.90. The maximum Gasteiger partial charge on any atom is 0.340 e. The fourth-order valence-corrected chi connectivity index (χ4v) is 1.66. The van der Waals surface area contributed by atoms with E-state index >= 15 is 0 Å². The van der Waals surface area contributed by atoms with Gasteiger partial charge in [0.05, 0.1) is 12.2 Å². The van der Waals surface area contributed by atoms with Crippen LogP contribution in [0, 0.1) is 0 Å². The van der Waals surface area contributed by atoms with Crippen molar-refractivity contribution >= 4 is 23.3 Å². The number of carbonyl (C=O) groups excluding carboxylic acids is 2. The first-order valence-corrected chi connectivity index (χ1v) is 6.65. The van der Waals surface area contributed by atoms with Crippen LogP contribution in [0.25, 0.3) is 0 Å². The molecule has 1 aromatic carbocycles. The molecule has 0 aliphatic carbocycles. The molecule has 0 spiro atoms. The second-order valence-electron chi connectivity index (χ2n) is 4.15. The highest BCUT2D eigenvalue weighted by Gasteiger charge is 2.11. The van der Waals surface area contributed by atoms with Gasteiger partial charge in [-0.2, -0.15) is 0 Å². The van der Waals surface area contributed by atoms with Gasteiger partial charge in [0, 0.05) is 30.9 Å². The maximum atomic E-state index is 11.7. The summed E-state index contributed by atoms with van der Waals surface area (Å²) in [6.45, 7) is 5.01. The summed E-state index contributed by atoms with van der Waals surface area (Å²) < 4.78 is 4.93. The maximum absolute atomic E-state index is 11.7. The zero-order chi connectivity index (χ0) is 15.0. The zero-order valence-electron chi connectivity index (χ0n) is 11.9. The molecule has 0 saturated heterocycles. The fourth-order valence-electron chi connectivity index (χ4n) is 1.66. The number of hydrogen-bond acceptors (Lipinski definition) is 5. The van der Waals surface area contributed by atoms with Gasteiger partial charge in [-0.15, -0.1) is 0 Å². The number of nitrogen functional groups attached to an aromatic ring is 1. The number of nitrogens with one attached hydrogen (secondary N) is 2. The van der Waals surface area contributed by atoms with Crippen LogP contribution in [0.5, 0.6) is 0 Å². The number of carbonyl (C=O) groups is 2. The topological polar surface area (TPSA) is 93.5 Å². The molecule has 6 nitrogen and oxygen atoms in total. The van der Waals surface area contributed by atoms with Crippen molar-refractivity contribution in [2.45, 2.75) is 20.3 Å². The minimum absolute atomic E-state index is 0.0129. The summed E-state index contributed by atoms with van der Waals surface area (Å²) in [5.74, 6) is -0.460. The molecule has 0 aliphatic rings. The Hall–Kier alpha value is -2.24. The zero-order valence-corrected chi connectivity index (χ0v) is 11.9. The number of esters is 1. The molecule has 0 heterocycles. The van der Waals surface area contributed by atoms with E-state index in [-0.39, 0.29) is 5.91 Å². The summed E-state index contributed by atoms with van der Waals surface area (Å²) >= 11 is 0. The van der Waals surface area contributed by atoms with Gasteiger partial charge >= 0.3 is 5.97 Å². The van der Waals surface area contributed by atoms with Crippen LogP contribution in [0.4, 0.5) is 11.4 Å². The molecule has 0 atom stereocenters. The second-order valence-corrected chi connectivity index (χ2v) is 4.15. The summed E-state index contributed by atoms with van der Waals surface area (Å²) in [5, 5.41) is 5.79. The van der Waals surface area contributed by atoms with Crippen molar-refractivity contribution in [3.05, 3.63) is 23.8 Å². The molecule has 1 aromatic rings. The lowest BCUT2D eigenvalue weighted by molar-refractivity contribution is -0.120. The molecule has 0 saturated carbocycles. The SMILES string of the molecule is CCNC(=O)CCNc1ccc(N)c(C(=O)OCC)c1. The van der Waals surface area contributed by atoms with Crippen LogP contribution >= 0.6 is 0 Å². The number of benzene rings is 1. The lowest BCUT2D eigenvalue weighted by atomic mass is 10.1. The molecule has 6 heteroatoms. The van der Waals surface area contributed by atoms with Gasteiger partial charge in [0.25, 0.3) is 0 Å². The quantitative estimate of drug-likeness (QED) is 0.518. The third kappa shape index (κ3) is 4.79. The molecule has 20 heavy (non-hydrogen) atoms. The highest BCUT2D eigenvalue weighted by molar-refractivity contribution is 5.96. The summed E-state index contributed by atoms with van der Waals surface area (Å²) in [6.07, 6.45) is 0.368. The molecule has 1 rings (SSSR count). The van der Waals surface area contributed by atoms with Crippen molar-refractivity contribution in [2.75, 3.05) is 30.7 Å². The predicted octanol–water partition coefficient (Wildman–Crippen LogP) is 1.38. The number of hydrogen-bond donors (Lipinski definition) is 3. The third-order valence-corrected chi connectivity index (χ3v) is 2.60. The molecule has 110 valence electrons. The molecule has 4 N–H and O–H groups in total. The summed E-state index contributed by atoms with van der Waals surface area (Å²) in [4.78, 5) is 23.0. The van der Waals surface area contributed by atoms with E-state index in [2.05, 4.69) is 10.6 Å². The van der Waals surface area contributed by atoms with Gasteiger partial charge in [0.1, 0.15) is 0 Å². The predicted molar refractivity (Wildman–Crippen MR) is 78.6 cm³/mol. The van der Waals surface area contributed by atoms with Crippen LogP contribution in [0.2, 0.25) is 0 Å². The third-order valence-electron chi connectivity index (χ3n) is 2.60. The number of amides is 1. The monoisotopic (exact) mass is 279 g/mol. The van der Waals surface area contributed by atoms with Gasteiger partial charge in [-0.25, -0.2) is 4.79 Å². The summed E-state index contributed by atoms with van der Waals surface area (Å²) in [7, 11) is 0. The minimum Gasteiger partial charge on any atom is -0.462 e. The average molecular weight is 279 g/mol. The van der Waals surface area contributed by atoms with Crippen molar-refractivity contribution < 1.29 is 14.3 Å². The highest BCUT2D eigenvalue weighted by Crippen LogP contribution is 2.18. The summed E-state index contributed by atoms with van der Waals surface area (Å²) in [6, 6.07) is 5.03. The Bertz CT molecular complexity index is 475. The first kappa shape index (κ1) is 15.8. The average Bonchev–Trinajstić information content (AvgIpc) is 2.41.